The maximum Gasteiger partial charge on any atom is 0.315 e. The number of urea groups is 1. The molecule has 0 fully saturated rings. The lowest BCUT2D eigenvalue weighted by atomic mass is 10.0. The number of rotatable bonds is 8. The van der Waals surface area contributed by atoms with Crippen LogP contribution in [0.2, 0.25) is 0 Å². The summed E-state index contributed by atoms with van der Waals surface area (Å²) in [6.07, 6.45) is 0.790. The molecule has 0 saturated heterocycles. The van der Waals surface area contributed by atoms with Gasteiger partial charge in [-0.25, -0.2) is 4.79 Å². The van der Waals surface area contributed by atoms with E-state index < -0.39 is 5.97 Å². The highest BCUT2D eigenvalue weighted by Gasteiger charge is 2.16. The topological polar surface area (TPSA) is 98.7 Å². The van der Waals surface area contributed by atoms with E-state index in [9.17, 15) is 9.59 Å². The molecule has 0 spiro atoms. The highest BCUT2D eigenvalue weighted by molar-refractivity contribution is 9.10. The minimum atomic E-state index is -0.886. The van der Waals surface area contributed by atoms with Crippen LogP contribution in [0.3, 0.4) is 0 Å². The Morgan fingerprint density at radius 3 is 2.62 bits per heavy atom. The van der Waals surface area contributed by atoms with E-state index >= 15 is 0 Å². The number of aliphatic hydroxyl groups is 1. The third-order valence-electron chi connectivity index (χ3n) is 2.86. The van der Waals surface area contributed by atoms with Crippen molar-refractivity contribution in [2.75, 3.05) is 13.2 Å². The lowest BCUT2D eigenvalue weighted by Crippen LogP contribution is -2.39. The standard InChI is InChI=1S/C14H19BrN2O4/c15-11-5-2-1-4-10(11)12(7-9-18)17-14(21)16-8-3-6-13(19)20/h1-2,4-5,12,18H,3,6-9H2,(H,19,20)(H2,16,17,21). The van der Waals surface area contributed by atoms with Gasteiger partial charge in [-0.05, 0) is 24.5 Å². The Balaban J connectivity index is 2.52. The quantitative estimate of drug-likeness (QED) is 0.534. The number of carboxylic acids is 1. The molecule has 1 atom stereocenters. The smallest absolute Gasteiger partial charge is 0.315 e. The molecule has 0 aliphatic carbocycles. The number of aliphatic hydroxyl groups excluding tert-OH is 1. The van der Waals surface area contributed by atoms with Crippen molar-refractivity contribution in [3.63, 3.8) is 0 Å². The summed E-state index contributed by atoms with van der Waals surface area (Å²) in [6, 6.07) is 6.77. The molecule has 0 aliphatic rings. The minimum Gasteiger partial charge on any atom is -0.481 e. The Morgan fingerprint density at radius 1 is 1.29 bits per heavy atom. The van der Waals surface area contributed by atoms with Crippen LogP contribution in [0, 0.1) is 0 Å². The number of carbonyl (C=O) groups is 2. The summed E-state index contributed by atoms with van der Waals surface area (Å²) in [4.78, 5) is 22.2. The molecule has 1 aromatic carbocycles. The zero-order chi connectivity index (χ0) is 15.7. The average Bonchev–Trinajstić information content (AvgIpc) is 2.43. The molecule has 0 aliphatic heterocycles. The molecule has 0 radical (unpaired) electrons. The Kier molecular flexibility index (Phi) is 7.78. The van der Waals surface area contributed by atoms with Crippen molar-refractivity contribution in [3.05, 3.63) is 34.3 Å². The predicted molar refractivity (Wildman–Crippen MR) is 82.0 cm³/mol. The summed E-state index contributed by atoms with van der Waals surface area (Å²) >= 11 is 3.42. The van der Waals surface area contributed by atoms with Crippen LogP contribution in [0.1, 0.15) is 30.9 Å². The summed E-state index contributed by atoms with van der Waals surface area (Å²) in [5.41, 5.74) is 0.882. The van der Waals surface area contributed by atoms with Gasteiger partial charge in [-0.2, -0.15) is 0 Å². The second-order valence-electron chi connectivity index (χ2n) is 4.48. The van der Waals surface area contributed by atoms with Gasteiger partial charge in [0.2, 0.25) is 0 Å². The first-order chi connectivity index (χ1) is 10.0. The van der Waals surface area contributed by atoms with Crippen molar-refractivity contribution in [2.45, 2.75) is 25.3 Å². The predicted octanol–water partition coefficient (Wildman–Crippen LogP) is 2.04. The summed E-state index contributed by atoms with van der Waals surface area (Å²) < 4.78 is 0.856. The highest BCUT2D eigenvalue weighted by Crippen LogP contribution is 2.25. The van der Waals surface area contributed by atoms with Crippen molar-refractivity contribution in [2.24, 2.45) is 0 Å². The Bertz CT molecular complexity index is 482. The highest BCUT2D eigenvalue weighted by atomic mass is 79.9. The van der Waals surface area contributed by atoms with E-state index in [2.05, 4.69) is 26.6 Å². The first kappa shape index (κ1) is 17.5. The maximum atomic E-state index is 11.8. The van der Waals surface area contributed by atoms with Crippen molar-refractivity contribution >= 4 is 27.9 Å². The average molecular weight is 359 g/mol. The van der Waals surface area contributed by atoms with E-state index in [4.69, 9.17) is 10.2 Å². The number of amides is 2. The van der Waals surface area contributed by atoms with Crippen molar-refractivity contribution in [1.29, 1.82) is 0 Å². The van der Waals surface area contributed by atoms with Gasteiger partial charge in [-0.3, -0.25) is 4.79 Å². The second kappa shape index (κ2) is 9.36. The zero-order valence-electron chi connectivity index (χ0n) is 11.5. The molecule has 0 aromatic heterocycles. The van der Waals surface area contributed by atoms with Crippen molar-refractivity contribution in [1.82, 2.24) is 10.6 Å². The molecule has 0 saturated carbocycles. The number of hydrogen-bond donors (Lipinski definition) is 4. The van der Waals surface area contributed by atoms with Crippen LogP contribution < -0.4 is 10.6 Å². The molecular formula is C14H19BrN2O4. The number of aliphatic carboxylic acids is 1. The lowest BCUT2D eigenvalue weighted by molar-refractivity contribution is -0.137. The molecule has 7 heteroatoms. The summed E-state index contributed by atoms with van der Waals surface area (Å²) in [6.45, 7) is 0.241. The lowest BCUT2D eigenvalue weighted by Gasteiger charge is -2.20. The van der Waals surface area contributed by atoms with E-state index in [1.165, 1.54) is 0 Å². The summed E-state index contributed by atoms with van der Waals surface area (Å²) in [7, 11) is 0. The zero-order valence-corrected chi connectivity index (χ0v) is 13.1. The van der Waals surface area contributed by atoms with E-state index in [0.717, 1.165) is 10.0 Å². The molecule has 0 heterocycles. The first-order valence-corrected chi connectivity index (χ1v) is 7.45. The van der Waals surface area contributed by atoms with E-state index in [-0.39, 0.29) is 25.1 Å². The van der Waals surface area contributed by atoms with Gasteiger partial charge in [0.25, 0.3) is 0 Å². The molecule has 6 nitrogen and oxygen atoms in total. The largest absolute Gasteiger partial charge is 0.481 e. The SMILES string of the molecule is O=C(O)CCCNC(=O)NC(CCO)c1ccccc1Br. The third-order valence-corrected chi connectivity index (χ3v) is 3.58. The van der Waals surface area contributed by atoms with Crippen LogP contribution in [-0.2, 0) is 4.79 Å². The van der Waals surface area contributed by atoms with E-state index in [1.807, 2.05) is 24.3 Å². The summed E-state index contributed by atoms with van der Waals surface area (Å²) in [5, 5.41) is 23.0. The summed E-state index contributed by atoms with van der Waals surface area (Å²) in [5.74, 6) is -0.886. The third kappa shape index (κ3) is 6.59. The number of carbonyl (C=O) groups excluding carboxylic acids is 1. The normalized spacial score (nSPS) is 11.7. The van der Waals surface area contributed by atoms with Gasteiger partial charge in [0, 0.05) is 24.0 Å². The van der Waals surface area contributed by atoms with E-state index in [1.54, 1.807) is 0 Å². The molecule has 1 unspecified atom stereocenters. The Morgan fingerprint density at radius 2 is 2.00 bits per heavy atom. The van der Waals surface area contributed by atoms with Gasteiger partial charge in [-0.1, -0.05) is 34.1 Å². The van der Waals surface area contributed by atoms with E-state index in [0.29, 0.717) is 19.4 Å². The molecule has 21 heavy (non-hydrogen) atoms. The molecule has 116 valence electrons. The fourth-order valence-electron chi connectivity index (χ4n) is 1.84. The van der Waals surface area contributed by atoms with Gasteiger partial charge in [-0.15, -0.1) is 0 Å². The molecular weight excluding hydrogens is 340 g/mol. The van der Waals surface area contributed by atoms with Crippen LogP contribution in [0.15, 0.2) is 28.7 Å². The monoisotopic (exact) mass is 358 g/mol. The number of nitrogens with one attached hydrogen (secondary N) is 2. The van der Waals surface area contributed by atoms with Crippen LogP contribution in [0.5, 0.6) is 0 Å². The van der Waals surface area contributed by atoms with Gasteiger partial charge < -0.3 is 20.8 Å². The van der Waals surface area contributed by atoms with Crippen molar-refractivity contribution in [3.8, 4) is 0 Å². The van der Waals surface area contributed by atoms with Gasteiger partial charge >= 0.3 is 12.0 Å². The second-order valence-corrected chi connectivity index (χ2v) is 5.34. The van der Waals surface area contributed by atoms with Gasteiger partial charge in [0.1, 0.15) is 0 Å². The van der Waals surface area contributed by atoms with Gasteiger partial charge in [0.15, 0.2) is 0 Å². The Labute approximate surface area is 131 Å². The Hall–Kier alpha value is -1.60. The van der Waals surface area contributed by atoms with Crippen molar-refractivity contribution < 1.29 is 19.8 Å². The molecule has 4 N–H and O–H groups in total. The fourth-order valence-corrected chi connectivity index (χ4v) is 2.40. The number of halogens is 1. The molecule has 0 bridgehead atoms. The van der Waals surface area contributed by atoms with Crippen LogP contribution in [0.4, 0.5) is 4.79 Å². The number of benzene rings is 1. The van der Waals surface area contributed by atoms with Gasteiger partial charge in [0.05, 0.1) is 6.04 Å². The van der Waals surface area contributed by atoms with Crippen LogP contribution in [0.25, 0.3) is 0 Å². The van der Waals surface area contributed by atoms with Crippen LogP contribution in [-0.4, -0.2) is 35.4 Å². The molecule has 1 rings (SSSR count). The number of hydrogen-bond acceptors (Lipinski definition) is 3. The minimum absolute atomic E-state index is 0.0184. The fraction of sp³-hybridized carbons (Fsp3) is 0.429. The molecule has 2 amide bonds. The molecule has 1 aromatic rings. The van der Waals surface area contributed by atoms with Crippen LogP contribution >= 0.6 is 15.9 Å². The first-order valence-electron chi connectivity index (χ1n) is 6.66. The maximum absolute atomic E-state index is 11.8. The number of carboxylic acid groups (broad SMARTS) is 1.